The predicted molar refractivity (Wildman–Crippen MR) is 175 cm³/mol. The summed E-state index contributed by atoms with van der Waals surface area (Å²) in [6.07, 6.45) is 6.86. The largest absolute Gasteiger partial charge is 0.390 e. The second kappa shape index (κ2) is 15.8. The molecule has 0 saturated heterocycles. The molecule has 0 fully saturated rings. The van der Waals surface area contributed by atoms with Gasteiger partial charge in [-0.3, -0.25) is 9.59 Å². The molecule has 240 valence electrons. The maximum Gasteiger partial charge on any atom is 0.254 e. The van der Waals surface area contributed by atoms with Gasteiger partial charge in [-0.05, 0) is 86.6 Å². The van der Waals surface area contributed by atoms with Crippen molar-refractivity contribution in [3.05, 3.63) is 106 Å². The van der Waals surface area contributed by atoms with Crippen LogP contribution in [0.15, 0.2) is 60.7 Å². The smallest absolute Gasteiger partial charge is 0.254 e. The van der Waals surface area contributed by atoms with Crippen LogP contribution in [0.5, 0.6) is 0 Å². The molecule has 2 atom stereocenters. The lowest BCUT2D eigenvalue weighted by Crippen LogP contribution is -2.53. The van der Waals surface area contributed by atoms with Crippen molar-refractivity contribution in [2.75, 3.05) is 19.6 Å². The van der Waals surface area contributed by atoms with Crippen LogP contribution in [0.3, 0.4) is 0 Å². The Kier molecular flexibility index (Phi) is 12.4. The monoisotopic (exact) mass is 617 g/mol. The van der Waals surface area contributed by atoms with E-state index in [1.54, 1.807) is 23.1 Å². The molecule has 3 aromatic rings. The van der Waals surface area contributed by atoms with Crippen LogP contribution in [0.2, 0.25) is 0 Å². The van der Waals surface area contributed by atoms with E-state index in [1.165, 1.54) is 17.0 Å². The lowest BCUT2D eigenvalue weighted by Gasteiger charge is -2.41. The Morgan fingerprint density at radius 1 is 0.911 bits per heavy atom. The van der Waals surface area contributed by atoms with Crippen LogP contribution >= 0.6 is 0 Å². The molecule has 6 nitrogen and oxygen atoms in total. The van der Waals surface area contributed by atoms with Crippen LogP contribution in [-0.2, 0) is 18.4 Å². The van der Waals surface area contributed by atoms with Crippen molar-refractivity contribution in [3.63, 3.8) is 0 Å². The van der Waals surface area contributed by atoms with Gasteiger partial charge >= 0.3 is 0 Å². The summed E-state index contributed by atoms with van der Waals surface area (Å²) in [5.74, 6) is 0.425. The third kappa shape index (κ3) is 9.00. The Bertz CT molecular complexity index is 1510. The van der Waals surface area contributed by atoms with Gasteiger partial charge in [-0.25, -0.2) is 8.78 Å². The first-order chi connectivity index (χ1) is 21.3. The Hall–Kier alpha value is -4.06. The minimum Gasteiger partial charge on any atom is -0.390 e. The van der Waals surface area contributed by atoms with Crippen LogP contribution in [0, 0.1) is 24.0 Å². The molecule has 3 N–H and O–H groups in total. The highest BCUT2D eigenvalue weighted by atomic mass is 19.1. The molecule has 3 rings (SSSR count). The molecular formula is C37H45F2N3O3. The van der Waals surface area contributed by atoms with Crippen LogP contribution in [0.1, 0.15) is 90.4 Å². The predicted octanol–water partition coefficient (Wildman–Crippen LogP) is 6.08. The average Bonchev–Trinajstić information content (AvgIpc) is 3.01. The zero-order chi connectivity index (χ0) is 33.3. The highest BCUT2D eigenvalue weighted by Gasteiger charge is 2.36. The van der Waals surface area contributed by atoms with E-state index in [2.05, 4.69) is 5.92 Å². The van der Waals surface area contributed by atoms with Gasteiger partial charge in [0.15, 0.2) is 0 Å². The third-order valence-electron chi connectivity index (χ3n) is 8.09. The number of carbonyl (C=O) groups excluding carboxylic acids is 2. The molecule has 3 aromatic carbocycles. The summed E-state index contributed by atoms with van der Waals surface area (Å²) in [7, 11) is 0. The number of aryl methyl sites for hydroxylation is 1. The molecule has 8 heteroatoms. The summed E-state index contributed by atoms with van der Waals surface area (Å²) in [6, 6.07) is 14.8. The minimum absolute atomic E-state index is 0.0143. The van der Waals surface area contributed by atoms with Gasteiger partial charge in [0, 0.05) is 48.4 Å². The van der Waals surface area contributed by atoms with Gasteiger partial charge in [-0.1, -0.05) is 51.0 Å². The zero-order valence-corrected chi connectivity index (χ0v) is 26.9. The van der Waals surface area contributed by atoms with E-state index in [-0.39, 0.29) is 24.4 Å². The van der Waals surface area contributed by atoms with Crippen LogP contribution < -0.4 is 5.73 Å². The summed E-state index contributed by atoms with van der Waals surface area (Å²) in [4.78, 5) is 31.3. The Morgan fingerprint density at radius 2 is 1.51 bits per heavy atom. The van der Waals surface area contributed by atoms with Crippen molar-refractivity contribution in [1.29, 1.82) is 0 Å². The molecule has 0 heterocycles. The maximum absolute atomic E-state index is 14.5. The number of terminal acetylenes is 1. The molecule has 0 aliphatic carbocycles. The Morgan fingerprint density at radius 3 is 2.07 bits per heavy atom. The summed E-state index contributed by atoms with van der Waals surface area (Å²) < 4.78 is 27.7. The minimum atomic E-state index is -1.25. The van der Waals surface area contributed by atoms with E-state index < -0.39 is 35.2 Å². The first-order valence-corrected chi connectivity index (χ1v) is 15.5. The standard InChI is InChI=1S/C37H45F2N3O3/c1-7-14-41(15-8-2)35(44)28-16-26(10-4)17-29(22-28)36(45)42(37(5,6)30-13-11-12-25(9-3)18-30)24-34(43)33(40)21-27-19-31(38)23-32(39)20-27/h4,11-13,16-20,22-23,33-34,43H,7-9,14-15,21,24,40H2,1-3,5-6H3/t33-,34-/m1/s1. The van der Waals surface area contributed by atoms with E-state index >= 15 is 0 Å². The van der Waals surface area contributed by atoms with Gasteiger partial charge in [0.05, 0.1) is 11.6 Å². The van der Waals surface area contributed by atoms with Gasteiger partial charge in [0.25, 0.3) is 11.8 Å². The van der Waals surface area contributed by atoms with Crippen LogP contribution in [0.4, 0.5) is 8.78 Å². The fraction of sp³-hybridized carbons (Fsp3) is 0.405. The first kappa shape index (κ1) is 35.4. The highest BCUT2D eigenvalue weighted by molar-refractivity contribution is 6.00. The topological polar surface area (TPSA) is 86.9 Å². The molecule has 0 bridgehead atoms. The third-order valence-corrected chi connectivity index (χ3v) is 8.09. The van der Waals surface area contributed by atoms with Crippen molar-refractivity contribution in [3.8, 4) is 12.3 Å². The second-order valence-electron chi connectivity index (χ2n) is 12.0. The van der Waals surface area contributed by atoms with E-state index in [1.807, 2.05) is 58.9 Å². The van der Waals surface area contributed by atoms with Gasteiger partial charge < -0.3 is 20.6 Å². The molecule has 2 amide bonds. The molecular weight excluding hydrogens is 572 g/mol. The van der Waals surface area contributed by atoms with Crippen molar-refractivity contribution in [2.24, 2.45) is 5.73 Å². The highest BCUT2D eigenvalue weighted by Crippen LogP contribution is 2.31. The maximum atomic E-state index is 14.5. The molecule has 0 unspecified atom stereocenters. The van der Waals surface area contributed by atoms with Crippen molar-refractivity contribution < 1.29 is 23.5 Å². The van der Waals surface area contributed by atoms with Crippen molar-refractivity contribution in [2.45, 2.75) is 78.0 Å². The number of aliphatic hydroxyl groups is 1. The average molecular weight is 618 g/mol. The van der Waals surface area contributed by atoms with E-state index in [0.29, 0.717) is 29.8 Å². The van der Waals surface area contributed by atoms with Crippen molar-refractivity contribution >= 4 is 11.8 Å². The number of hydrogen-bond acceptors (Lipinski definition) is 4. The fourth-order valence-electron chi connectivity index (χ4n) is 5.50. The van der Waals surface area contributed by atoms with Crippen LogP contribution in [0.25, 0.3) is 0 Å². The van der Waals surface area contributed by atoms with Crippen LogP contribution in [-0.4, -0.2) is 58.5 Å². The molecule has 0 saturated carbocycles. The number of aliphatic hydroxyl groups excluding tert-OH is 1. The van der Waals surface area contributed by atoms with Gasteiger partial charge in [0.1, 0.15) is 11.6 Å². The van der Waals surface area contributed by atoms with E-state index in [0.717, 1.165) is 36.5 Å². The number of nitrogens with zero attached hydrogens (tertiary/aromatic N) is 2. The molecule has 0 spiro atoms. The Labute approximate surface area is 266 Å². The molecule has 0 aliphatic heterocycles. The quantitative estimate of drug-likeness (QED) is 0.215. The SMILES string of the molecule is C#Cc1cc(C(=O)N(CCC)CCC)cc(C(=O)N(C[C@@H](O)[C@H](N)Cc2cc(F)cc(F)c2)C(C)(C)c2cccc(CC)c2)c1. The van der Waals surface area contributed by atoms with E-state index in [9.17, 15) is 23.5 Å². The molecule has 0 radical (unpaired) electrons. The van der Waals surface area contributed by atoms with E-state index in [4.69, 9.17) is 12.2 Å². The summed E-state index contributed by atoms with van der Waals surface area (Å²) >= 11 is 0. The number of carbonyl (C=O) groups is 2. The molecule has 45 heavy (non-hydrogen) atoms. The second-order valence-corrected chi connectivity index (χ2v) is 12.0. The number of hydrogen-bond donors (Lipinski definition) is 2. The first-order valence-electron chi connectivity index (χ1n) is 15.5. The zero-order valence-electron chi connectivity index (χ0n) is 26.9. The van der Waals surface area contributed by atoms with Gasteiger partial charge in [0.2, 0.25) is 0 Å². The summed E-state index contributed by atoms with van der Waals surface area (Å²) in [6.45, 7) is 10.7. The number of nitrogens with two attached hydrogens (primary N) is 1. The normalized spacial score (nSPS) is 12.7. The number of halogens is 2. The van der Waals surface area contributed by atoms with Gasteiger partial charge in [-0.15, -0.1) is 6.42 Å². The van der Waals surface area contributed by atoms with Gasteiger partial charge in [-0.2, -0.15) is 0 Å². The number of rotatable bonds is 14. The molecule has 0 aliphatic rings. The Balaban J connectivity index is 2.06. The lowest BCUT2D eigenvalue weighted by molar-refractivity contribution is 0.0277. The molecule has 0 aromatic heterocycles. The number of amides is 2. The number of benzene rings is 3. The van der Waals surface area contributed by atoms with Crippen molar-refractivity contribution in [1.82, 2.24) is 9.80 Å². The summed E-state index contributed by atoms with van der Waals surface area (Å²) in [5.41, 5.74) is 8.51. The lowest BCUT2D eigenvalue weighted by atomic mass is 9.88. The fourth-order valence-corrected chi connectivity index (χ4v) is 5.50. The summed E-state index contributed by atoms with van der Waals surface area (Å²) in [5, 5.41) is 11.3.